The number of rotatable bonds is 1. The predicted octanol–water partition coefficient (Wildman–Crippen LogP) is 0.662. The Kier molecular flexibility index (Phi) is 1.58. The minimum Gasteiger partial charge on any atom is -0.371 e. The molecule has 2 heterocycles. The maximum atomic E-state index is 5.53. The topological polar surface area (TPSA) is 68.2 Å². The first kappa shape index (κ1) is 7.85. The lowest BCUT2D eigenvalue weighted by Gasteiger charge is -2.04. The van der Waals surface area contributed by atoms with Gasteiger partial charge in [0.05, 0.1) is 0 Å². The quantitative estimate of drug-likeness (QED) is 0.671. The summed E-state index contributed by atoms with van der Waals surface area (Å²) in [4.78, 5) is 4.09. The van der Waals surface area contributed by atoms with E-state index in [1.165, 1.54) is 0 Å². The van der Waals surface area contributed by atoms with E-state index in [9.17, 15) is 0 Å². The lowest BCUT2D eigenvalue weighted by molar-refractivity contribution is 0.918. The Balaban J connectivity index is 2.85. The summed E-state index contributed by atoms with van der Waals surface area (Å²) in [6.07, 6.45) is 1.86. The summed E-state index contributed by atoms with van der Waals surface area (Å²) in [5.74, 6) is 1.03. The molecule has 68 valence electrons. The number of nitrogens with zero attached hydrogens (tertiary/aromatic N) is 3. The van der Waals surface area contributed by atoms with Crippen LogP contribution in [0, 0.1) is 6.92 Å². The number of hydrogen-bond acceptors (Lipinski definition) is 4. The largest absolute Gasteiger partial charge is 0.371 e. The number of nitrogens with one attached hydrogen (secondary N) is 1. The third-order valence-electron chi connectivity index (χ3n) is 1.97. The van der Waals surface area contributed by atoms with Crippen molar-refractivity contribution in [2.75, 3.05) is 18.1 Å². The van der Waals surface area contributed by atoms with Gasteiger partial charge in [0.15, 0.2) is 5.82 Å². The van der Waals surface area contributed by atoms with Crippen LogP contribution < -0.4 is 11.1 Å². The molecular formula is C8H11N5. The molecule has 0 atom stereocenters. The van der Waals surface area contributed by atoms with Crippen LogP contribution in [0.4, 0.5) is 11.8 Å². The minimum absolute atomic E-state index is 0.271. The van der Waals surface area contributed by atoms with Crippen LogP contribution in [-0.2, 0) is 0 Å². The fourth-order valence-corrected chi connectivity index (χ4v) is 1.37. The summed E-state index contributed by atoms with van der Waals surface area (Å²) in [6.45, 7) is 2.01. The molecule has 0 aliphatic heterocycles. The van der Waals surface area contributed by atoms with Crippen LogP contribution in [0.25, 0.3) is 5.52 Å². The van der Waals surface area contributed by atoms with Crippen molar-refractivity contribution in [1.29, 1.82) is 0 Å². The molecule has 3 N–H and O–H groups in total. The molecule has 0 fully saturated rings. The molecule has 0 aliphatic carbocycles. The van der Waals surface area contributed by atoms with Crippen LogP contribution in [0.15, 0.2) is 12.3 Å². The van der Waals surface area contributed by atoms with Gasteiger partial charge in [-0.1, -0.05) is 0 Å². The smallest absolute Gasteiger partial charge is 0.240 e. The van der Waals surface area contributed by atoms with E-state index < -0.39 is 0 Å². The molecule has 2 aromatic heterocycles. The molecule has 2 rings (SSSR count). The van der Waals surface area contributed by atoms with Crippen molar-refractivity contribution in [3.63, 3.8) is 0 Å². The monoisotopic (exact) mass is 177 g/mol. The van der Waals surface area contributed by atoms with Gasteiger partial charge in [0.25, 0.3) is 0 Å². The second-order valence-electron chi connectivity index (χ2n) is 2.86. The van der Waals surface area contributed by atoms with Crippen molar-refractivity contribution < 1.29 is 0 Å². The molecule has 0 aromatic carbocycles. The highest BCUT2D eigenvalue weighted by Crippen LogP contribution is 2.18. The highest BCUT2D eigenvalue weighted by atomic mass is 15.3. The first-order chi connectivity index (χ1) is 6.22. The van der Waals surface area contributed by atoms with Crippen molar-refractivity contribution in [2.45, 2.75) is 6.92 Å². The average molecular weight is 177 g/mol. The molecule has 13 heavy (non-hydrogen) atoms. The predicted molar refractivity (Wildman–Crippen MR) is 51.7 cm³/mol. The van der Waals surface area contributed by atoms with Crippen LogP contribution in [0.2, 0.25) is 0 Å². The van der Waals surface area contributed by atoms with Gasteiger partial charge >= 0.3 is 0 Å². The number of fused-ring (bicyclic) bond motifs is 1. The van der Waals surface area contributed by atoms with Crippen molar-refractivity contribution in [3.05, 3.63) is 17.8 Å². The Morgan fingerprint density at radius 2 is 2.31 bits per heavy atom. The molecule has 0 amide bonds. The second-order valence-corrected chi connectivity index (χ2v) is 2.86. The molecular weight excluding hydrogens is 166 g/mol. The molecule has 0 saturated carbocycles. The molecule has 2 aromatic rings. The van der Waals surface area contributed by atoms with Gasteiger partial charge in [-0.05, 0) is 18.6 Å². The van der Waals surface area contributed by atoms with Crippen molar-refractivity contribution in [1.82, 2.24) is 14.6 Å². The van der Waals surface area contributed by atoms with Crippen LogP contribution in [-0.4, -0.2) is 21.6 Å². The second kappa shape index (κ2) is 2.62. The molecule has 5 heteroatoms. The summed E-state index contributed by atoms with van der Waals surface area (Å²) < 4.78 is 1.73. The summed E-state index contributed by atoms with van der Waals surface area (Å²) in [7, 11) is 1.81. The lowest BCUT2D eigenvalue weighted by Crippen LogP contribution is -2.05. The lowest BCUT2D eigenvalue weighted by atomic mass is 10.3. The molecule has 0 saturated heterocycles. The highest BCUT2D eigenvalue weighted by Gasteiger charge is 2.06. The maximum absolute atomic E-state index is 5.53. The zero-order valence-electron chi connectivity index (χ0n) is 7.57. The first-order valence-corrected chi connectivity index (χ1v) is 4.01. The van der Waals surface area contributed by atoms with Gasteiger partial charge < -0.3 is 11.1 Å². The van der Waals surface area contributed by atoms with Crippen LogP contribution >= 0.6 is 0 Å². The summed E-state index contributed by atoms with van der Waals surface area (Å²) in [5, 5.41) is 7.03. The van der Waals surface area contributed by atoms with E-state index in [1.807, 2.05) is 26.2 Å². The van der Waals surface area contributed by atoms with E-state index in [1.54, 1.807) is 4.52 Å². The van der Waals surface area contributed by atoms with E-state index in [0.717, 1.165) is 16.9 Å². The van der Waals surface area contributed by atoms with Gasteiger partial charge in [0, 0.05) is 13.2 Å². The van der Waals surface area contributed by atoms with E-state index in [0.29, 0.717) is 0 Å². The fraction of sp³-hybridized carbons (Fsp3) is 0.250. The van der Waals surface area contributed by atoms with Crippen molar-refractivity contribution in [3.8, 4) is 0 Å². The number of nitrogen functional groups attached to an aromatic ring is 1. The van der Waals surface area contributed by atoms with Gasteiger partial charge in [-0.25, -0.2) is 4.52 Å². The molecule has 0 bridgehead atoms. The van der Waals surface area contributed by atoms with Gasteiger partial charge in [-0.15, -0.1) is 5.10 Å². The number of hydrogen-bond donors (Lipinski definition) is 2. The number of nitrogens with two attached hydrogens (primary N) is 1. The van der Waals surface area contributed by atoms with E-state index in [4.69, 9.17) is 5.73 Å². The average Bonchev–Trinajstić information content (AvgIpc) is 2.46. The van der Waals surface area contributed by atoms with E-state index >= 15 is 0 Å². The zero-order valence-corrected chi connectivity index (χ0v) is 7.57. The zero-order chi connectivity index (χ0) is 9.42. The number of aromatic nitrogens is 3. The molecule has 0 unspecified atom stereocenters. The Morgan fingerprint density at radius 3 is 3.00 bits per heavy atom. The Bertz CT molecular complexity index is 445. The Hall–Kier alpha value is -1.78. The summed E-state index contributed by atoms with van der Waals surface area (Å²) in [5.41, 5.74) is 7.62. The van der Waals surface area contributed by atoms with Gasteiger partial charge in [-0.2, -0.15) is 4.98 Å². The third kappa shape index (κ3) is 1.09. The van der Waals surface area contributed by atoms with E-state index in [2.05, 4.69) is 15.4 Å². The molecule has 0 aliphatic rings. The SMILES string of the molecule is CNc1nc(N)nn2ccc(C)c12. The van der Waals surface area contributed by atoms with E-state index in [-0.39, 0.29) is 5.95 Å². The third-order valence-corrected chi connectivity index (χ3v) is 1.97. The molecule has 5 nitrogen and oxygen atoms in total. The van der Waals surface area contributed by atoms with Crippen molar-refractivity contribution in [2.24, 2.45) is 0 Å². The molecule has 0 radical (unpaired) electrons. The van der Waals surface area contributed by atoms with Gasteiger partial charge in [0.2, 0.25) is 5.95 Å². The first-order valence-electron chi connectivity index (χ1n) is 4.01. The Morgan fingerprint density at radius 1 is 1.54 bits per heavy atom. The normalized spacial score (nSPS) is 10.6. The standard InChI is InChI=1S/C8H11N5/c1-5-3-4-13-6(5)7(10-2)11-8(9)12-13/h3-4H,1-2H3,(H3,9,10,11,12). The minimum atomic E-state index is 0.271. The number of anilines is 2. The molecule has 0 spiro atoms. The highest BCUT2D eigenvalue weighted by molar-refractivity contribution is 5.72. The van der Waals surface area contributed by atoms with Gasteiger partial charge in [-0.3, -0.25) is 0 Å². The van der Waals surface area contributed by atoms with Gasteiger partial charge in [0.1, 0.15) is 5.52 Å². The van der Waals surface area contributed by atoms with Crippen LogP contribution in [0.1, 0.15) is 5.56 Å². The summed E-state index contributed by atoms with van der Waals surface area (Å²) >= 11 is 0. The summed E-state index contributed by atoms with van der Waals surface area (Å²) in [6, 6.07) is 1.98. The maximum Gasteiger partial charge on any atom is 0.240 e. The van der Waals surface area contributed by atoms with Crippen LogP contribution in [0.5, 0.6) is 0 Å². The Labute approximate surface area is 75.6 Å². The number of aryl methyl sites for hydroxylation is 1. The fourth-order valence-electron chi connectivity index (χ4n) is 1.37. The van der Waals surface area contributed by atoms with Crippen molar-refractivity contribution >= 4 is 17.3 Å². The van der Waals surface area contributed by atoms with Crippen LogP contribution in [0.3, 0.4) is 0 Å².